The molecule has 9 nitrogen and oxygen atoms in total. The summed E-state index contributed by atoms with van der Waals surface area (Å²) in [6.07, 6.45) is 2.04. The van der Waals surface area contributed by atoms with E-state index in [1.54, 1.807) is 34.9 Å². The molecule has 3 heterocycles. The Kier molecular flexibility index (Phi) is 4.82. The average molecular weight is 411 g/mol. The van der Waals surface area contributed by atoms with E-state index in [-0.39, 0.29) is 24.7 Å². The molecule has 4 rings (SSSR count). The quantitative estimate of drug-likeness (QED) is 0.662. The summed E-state index contributed by atoms with van der Waals surface area (Å²) in [7, 11) is 0. The molecule has 30 heavy (non-hydrogen) atoms. The number of imidazole rings is 1. The Bertz CT molecular complexity index is 1180. The van der Waals surface area contributed by atoms with Gasteiger partial charge in [-0.3, -0.25) is 14.5 Å². The van der Waals surface area contributed by atoms with E-state index in [0.717, 1.165) is 0 Å². The van der Waals surface area contributed by atoms with Crippen LogP contribution in [0.25, 0.3) is 16.8 Å². The predicted octanol–water partition coefficient (Wildman–Crippen LogP) is 1.70. The first-order valence-electron chi connectivity index (χ1n) is 9.13. The van der Waals surface area contributed by atoms with Crippen LogP contribution in [0.4, 0.5) is 14.9 Å². The molecule has 10 heteroatoms. The molecule has 0 radical (unpaired) electrons. The number of carbonyl (C=O) groups is 3. The number of anilines is 1. The fourth-order valence-corrected chi connectivity index (χ4v) is 3.27. The number of nitrogens with zero attached hydrogens (tertiary/aromatic N) is 3. The van der Waals surface area contributed by atoms with Crippen LogP contribution >= 0.6 is 0 Å². The van der Waals surface area contributed by atoms with Crippen molar-refractivity contribution in [3.8, 4) is 11.1 Å². The number of hydrogen-bond donors (Lipinski definition) is 2. The molecule has 3 N–H and O–H groups in total. The van der Waals surface area contributed by atoms with Gasteiger partial charge >= 0.3 is 6.09 Å². The molecule has 0 unspecified atom stereocenters. The number of cyclic esters (lactones) is 1. The zero-order chi connectivity index (χ0) is 21.4. The highest BCUT2D eigenvalue weighted by atomic mass is 19.1. The summed E-state index contributed by atoms with van der Waals surface area (Å²) in [5, 5.41) is 2.59. The number of aromatic nitrogens is 2. The summed E-state index contributed by atoms with van der Waals surface area (Å²) < 4.78 is 21.7. The summed E-state index contributed by atoms with van der Waals surface area (Å²) in [5.74, 6) is -1.40. The van der Waals surface area contributed by atoms with Gasteiger partial charge in [0, 0.05) is 24.9 Å². The first-order chi connectivity index (χ1) is 14.3. The van der Waals surface area contributed by atoms with E-state index in [0.29, 0.717) is 22.5 Å². The third-order valence-electron chi connectivity index (χ3n) is 4.74. The normalized spacial score (nSPS) is 16.0. The molecule has 1 saturated heterocycles. The molecule has 3 amide bonds. The highest BCUT2D eigenvalue weighted by molar-refractivity contribution is 5.92. The molecule has 0 saturated carbocycles. The zero-order valence-corrected chi connectivity index (χ0v) is 16.0. The molecular weight excluding hydrogens is 393 g/mol. The van der Waals surface area contributed by atoms with E-state index in [1.807, 2.05) is 0 Å². The van der Waals surface area contributed by atoms with Gasteiger partial charge in [0.1, 0.15) is 23.3 Å². The van der Waals surface area contributed by atoms with Crippen LogP contribution in [0.15, 0.2) is 42.7 Å². The molecule has 3 aromatic rings. The minimum absolute atomic E-state index is 0.115. The van der Waals surface area contributed by atoms with Crippen molar-refractivity contribution in [3.05, 3.63) is 54.2 Å². The van der Waals surface area contributed by atoms with Gasteiger partial charge in [-0.15, -0.1) is 0 Å². The topological polar surface area (TPSA) is 119 Å². The van der Waals surface area contributed by atoms with Crippen molar-refractivity contribution in [1.29, 1.82) is 0 Å². The summed E-state index contributed by atoms with van der Waals surface area (Å²) in [6, 6.07) is 7.75. The van der Waals surface area contributed by atoms with E-state index in [4.69, 9.17) is 10.5 Å². The lowest BCUT2D eigenvalue weighted by molar-refractivity contribution is -0.119. The molecule has 1 aromatic carbocycles. The Labute approximate surface area is 170 Å². The second-order valence-corrected chi connectivity index (χ2v) is 6.89. The fraction of sp³-hybridized carbons (Fsp3) is 0.200. The van der Waals surface area contributed by atoms with E-state index >= 15 is 0 Å². The number of benzene rings is 1. The van der Waals surface area contributed by atoms with Gasteiger partial charge in [-0.25, -0.2) is 14.2 Å². The number of pyridine rings is 1. The number of nitrogens with one attached hydrogen (secondary N) is 1. The first-order valence-corrected chi connectivity index (χ1v) is 9.13. The monoisotopic (exact) mass is 411 g/mol. The van der Waals surface area contributed by atoms with Gasteiger partial charge in [-0.1, -0.05) is 0 Å². The second-order valence-electron chi connectivity index (χ2n) is 6.89. The average Bonchev–Trinajstić information content (AvgIpc) is 3.29. The van der Waals surface area contributed by atoms with Crippen molar-refractivity contribution < 1.29 is 23.5 Å². The minimum Gasteiger partial charge on any atom is -0.442 e. The Morgan fingerprint density at radius 2 is 2.13 bits per heavy atom. The number of amides is 3. The molecule has 1 atom stereocenters. The van der Waals surface area contributed by atoms with Gasteiger partial charge in [-0.05, 0) is 35.9 Å². The lowest BCUT2D eigenvalue weighted by atomic mass is 10.1. The molecule has 154 valence electrons. The molecule has 0 aliphatic carbocycles. The SMILES string of the molecule is CC(=O)NC[C@H]1CN(c2ccc(-c3ccn4cc(C(N)=O)nc4c3)c(F)c2)C(=O)O1. The summed E-state index contributed by atoms with van der Waals surface area (Å²) in [6.45, 7) is 1.77. The second kappa shape index (κ2) is 7.47. The maximum absolute atomic E-state index is 14.9. The van der Waals surface area contributed by atoms with Gasteiger partial charge in [0.2, 0.25) is 5.91 Å². The number of fused-ring (bicyclic) bond motifs is 1. The third-order valence-corrected chi connectivity index (χ3v) is 4.74. The molecule has 1 aliphatic rings. The van der Waals surface area contributed by atoms with Crippen LogP contribution in [0.5, 0.6) is 0 Å². The smallest absolute Gasteiger partial charge is 0.414 e. The lowest BCUT2D eigenvalue weighted by Gasteiger charge is -2.14. The maximum atomic E-state index is 14.9. The summed E-state index contributed by atoms with van der Waals surface area (Å²) in [4.78, 5) is 39.9. The van der Waals surface area contributed by atoms with Crippen molar-refractivity contribution >= 4 is 29.2 Å². The number of rotatable bonds is 5. The Morgan fingerprint density at radius 3 is 2.83 bits per heavy atom. The van der Waals surface area contributed by atoms with Crippen LogP contribution in [0.2, 0.25) is 0 Å². The number of hydrogen-bond acceptors (Lipinski definition) is 5. The Hall–Kier alpha value is -3.95. The van der Waals surface area contributed by atoms with Crippen LogP contribution in [0.1, 0.15) is 17.4 Å². The predicted molar refractivity (Wildman–Crippen MR) is 105 cm³/mol. The largest absolute Gasteiger partial charge is 0.442 e. The number of halogens is 1. The first kappa shape index (κ1) is 19.4. The zero-order valence-electron chi connectivity index (χ0n) is 16.0. The van der Waals surface area contributed by atoms with Crippen molar-refractivity contribution in [1.82, 2.24) is 14.7 Å². The van der Waals surface area contributed by atoms with Crippen molar-refractivity contribution in [2.75, 3.05) is 18.0 Å². The molecule has 1 fully saturated rings. The number of carbonyl (C=O) groups excluding carboxylic acids is 3. The highest BCUT2D eigenvalue weighted by Crippen LogP contribution is 2.29. The summed E-state index contributed by atoms with van der Waals surface area (Å²) in [5.41, 5.74) is 7.03. The third kappa shape index (κ3) is 3.66. The van der Waals surface area contributed by atoms with Gasteiger partial charge < -0.3 is 20.2 Å². The number of primary amides is 1. The van der Waals surface area contributed by atoms with Gasteiger partial charge in [0.05, 0.1) is 18.8 Å². The van der Waals surface area contributed by atoms with Gasteiger partial charge in [0.15, 0.2) is 0 Å². The van der Waals surface area contributed by atoms with E-state index in [9.17, 15) is 18.8 Å². The summed E-state index contributed by atoms with van der Waals surface area (Å²) >= 11 is 0. The Morgan fingerprint density at radius 1 is 1.33 bits per heavy atom. The van der Waals surface area contributed by atoms with E-state index in [2.05, 4.69) is 10.3 Å². The fourth-order valence-electron chi connectivity index (χ4n) is 3.27. The van der Waals surface area contributed by atoms with Crippen molar-refractivity contribution in [2.45, 2.75) is 13.0 Å². The highest BCUT2D eigenvalue weighted by Gasteiger charge is 2.32. The molecule has 0 bridgehead atoms. The van der Waals surface area contributed by atoms with Crippen LogP contribution < -0.4 is 16.0 Å². The lowest BCUT2D eigenvalue weighted by Crippen LogP contribution is -2.33. The van der Waals surface area contributed by atoms with Gasteiger partial charge in [-0.2, -0.15) is 0 Å². The molecule has 1 aliphatic heterocycles. The number of nitrogens with two attached hydrogens (primary N) is 1. The van der Waals surface area contributed by atoms with Gasteiger partial charge in [0.25, 0.3) is 5.91 Å². The Balaban J connectivity index is 1.57. The molecule has 2 aromatic heterocycles. The minimum atomic E-state index is -0.648. The van der Waals surface area contributed by atoms with E-state index in [1.165, 1.54) is 24.1 Å². The van der Waals surface area contributed by atoms with E-state index < -0.39 is 23.9 Å². The van der Waals surface area contributed by atoms with Crippen LogP contribution in [-0.2, 0) is 9.53 Å². The van der Waals surface area contributed by atoms with Crippen LogP contribution in [0, 0.1) is 5.82 Å². The maximum Gasteiger partial charge on any atom is 0.414 e. The molecular formula is C20H18FN5O4. The number of ether oxygens (including phenoxy) is 1. The van der Waals surface area contributed by atoms with Crippen molar-refractivity contribution in [2.24, 2.45) is 5.73 Å². The van der Waals surface area contributed by atoms with Crippen molar-refractivity contribution in [3.63, 3.8) is 0 Å². The van der Waals surface area contributed by atoms with Crippen LogP contribution in [-0.4, -0.2) is 46.5 Å². The standard InChI is InChI=1S/C20H18FN5O4/c1-11(27)23-8-14-9-26(20(29)30-14)13-2-3-15(16(21)7-13)12-4-5-25-10-17(19(22)28)24-18(25)6-12/h2-7,10,14H,8-9H2,1H3,(H2,22,28)(H,23,27)/t14-/m0/s1. The van der Waals surface area contributed by atoms with Crippen LogP contribution in [0.3, 0.4) is 0 Å². The molecule has 0 spiro atoms.